The van der Waals surface area contributed by atoms with E-state index in [1.807, 2.05) is 30.4 Å². The average Bonchev–Trinajstić information content (AvgIpc) is 2.92. The van der Waals surface area contributed by atoms with Gasteiger partial charge in [-0.1, -0.05) is 0 Å². The molecule has 0 aliphatic carbocycles. The van der Waals surface area contributed by atoms with Crippen LogP contribution in [0.3, 0.4) is 0 Å². The highest BCUT2D eigenvalue weighted by Gasteiger charge is 2.26. The molecule has 3 rings (SSSR count). The lowest BCUT2D eigenvalue weighted by molar-refractivity contribution is 0.328. The molecule has 20 heavy (non-hydrogen) atoms. The second kappa shape index (κ2) is 5.32. The molecule has 1 aliphatic heterocycles. The minimum atomic E-state index is 0.343. The van der Waals surface area contributed by atoms with Crippen LogP contribution >= 0.6 is 11.3 Å². The molecule has 4 nitrogen and oxygen atoms in total. The summed E-state index contributed by atoms with van der Waals surface area (Å²) in [6, 6.07) is 6.42. The molecule has 0 bridgehead atoms. The first kappa shape index (κ1) is 13.2. The molecule has 0 radical (unpaired) electrons. The van der Waals surface area contributed by atoms with Gasteiger partial charge in [0, 0.05) is 11.4 Å². The summed E-state index contributed by atoms with van der Waals surface area (Å²) in [5.41, 5.74) is 7.90. The highest BCUT2D eigenvalue weighted by Crippen LogP contribution is 2.36. The molecule has 0 aromatic carbocycles. The van der Waals surface area contributed by atoms with Gasteiger partial charge in [0.25, 0.3) is 0 Å². The Morgan fingerprint density at radius 2 is 2.30 bits per heavy atom. The van der Waals surface area contributed by atoms with Gasteiger partial charge in [0.1, 0.15) is 5.82 Å². The maximum absolute atomic E-state index is 5.90. The van der Waals surface area contributed by atoms with E-state index in [-0.39, 0.29) is 0 Å². The molecule has 0 amide bonds. The van der Waals surface area contributed by atoms with Gasteiger partial charge in [0.15, 0.2) is 0 Å². The van der Waals surface area contributed by atoms with Crippen molar-refractivity contribution in [3.8, 4) is 5.88 Å². The number of hydrogen-bond acceptors (Lipinski definition) is 5. The van der Waals surface area contributed by atoms with Gasteiger partial charge in [-0.05, 0) is 49.4 Å². The van der Waals surface area contributed by atoms with Crippen LogP contribution in [0.5, 0.6) is 5.88 Å². The third-order valence-corrected chi connectivity index (χ3v) is 4.72. The topological polar surface area (TPSA) is 51.4 Å². The van der Waals surface area contributed by atoms with E-state index in [4.69, 9.17) is 10.5 Å². The van der Waals surface area contributed by atoms with Crippen molar-refractivity contribution in [1.82, 2.24) is 4.98 Å². The highest BCUT2D eigenvalue weighted by molar-refractivity contribution is 7.10. The molecule has 2 aromatic heterocycles. The number of fused-ring (bicyclic) bond motifs is 1. The van der Waals surface area contributed by atoms with Gasteiger partial charge in [0.05, 0.1) is 18.3 Å². The van der Waals surface area contributed by atoms with Crippen LogP contribution in [0.15, 0.2) is 23.6 Å². The molecule has 2 N–H and O–H groups in total. The molecular weight excluding hydrogens is 270 g/mol. The molecule has 2 aromatic rings. The number of ether oxygens (including phenoxy) is 1. The maximum atomic E-state index is 5.90. The summed E-state index contributed by atoms with van der Waals surface area (Å²) in [4.78, 5) is 8.39. The van der Waals surface area contributed by atoms with Crippen LogP contribution in [-0.4, -0.2) is 18.1 Å². The lowest BCUT2D eigenvalue weighted by Crippen LogP contribution is -2.33. The van der Waals surface area contributed by atoms with Crippen LogP contribution in [0.1, 0.15) is 30.3 Å². The zero-order valence-electron chi connectivity index (χ0n) is 11.8. The van der Waals surface area contributed by atoms with E-state index in [0.717, 1.165) is 18.8 Å². The van der Waals surface area contributed by atoms with Crippen LogP contribution in [0.25, 0.3) is 0 Å². The number of nitrogen functional groups attached to an aromatic ring is 1. The normalized spacial score (nSPS) is 17.9. The zero-order chi connectivity index (χ0) is 14.1. The van der Waals surface area contributed by atoms with Crippen molar-refractivity contribution < 1.29 is 4.74 Å². The minimum absolute atomic E-state index is 0.343. The van der Waals surface area contributed by atoms with Gasteiger partial charge >= 0.3 is 0 Å². The first-order valence-corrected chi connectivity index (χ1v) is 7.81. The van der Waals surface area contributed by atoms with E-state index in [9.17, 15) is 0 Å². The summed E-state index contributed by atoms with van der Waals surface area (Å²) in [6.45, 7) is 5.72. The van der Waals surface area contributed by atoms with Crippen molar-refractivity contribution in [1.29, 1.82) is 0 Å². The van der Waals surface area contributed by atoms with Crippen molar-refractivity contribution in [3.63, 3.8) is 0 Å². The number of hydrogen-bond donors (Lipinski definition) is 1. The van der Waals surface area contributed by atoms with E-state index >= 15 is 0 Å². The molecule has 0 fully saturated rings. The standard InChI is InChI=1S/C15H19N3OS/c1-3-19-15-12(16)4-5-14(17-15)18-8-6-13-11(10(18)2)7-9-20-13/h4-5,7,9-10H,3,6,8,16H2,1-2H3. The zero-order valence-corrected chi connectivity index (χ0v) is 12.6. The smallest absolute Gasteiger partial charge is 0.239 e. The van der Waals surface area contributed by atoms with E-state index in [1.165, 1.54) is 10.4 Å². The van der Waals surface area contributed by atoms with E-state index in [1.54, 1.807) is 0 Å². The molecule has 1 aliphatic rings. The van der Waals surface area contributed by atoms with Crippen LogP contribution in [0.2, 0.25) is 0 Å². The summed E-state index contributed by atoms with van der Waals surface area (Å²) < 4.78 is 5.50. The monoisotopic (exact) mass is 289 g/mol. The summed E-state index contributed by atoms with van der Waals surface area (Å²) in [5.74, 6) is 1.47. The Labute approximate surface area is 123 Å². The van der Waals surface area contributed by atoms with Gasteiger partial charge in [-0.15, -0.1) is 11.3 Å². The predicted molar refractivity (Wildman–Crippen MR) is 83.6 cm³/mol. The van der Waals surface area contributed by atoms with Gasteiger partial charge in [0.2, 0.25) is 5.88 Å². The molecule has 5 heteroatoms. The predicted octanol–water partition coefficient (Wildman–Crippen LogP) is 3.25. The number of rotatable bonds is 3. The van der Waals surface area contributed by atoms with Gasteiger partial charge < -0.3 is 15.4 Å². The SMILES string of the molecule is CCOc1nc(N2CCc3sccc3C2C)ccc1N. The Morgan fingerprint density at radius 3 is 3.10 bits per heavy atom. The fourth-order valence-corrected chi connectivity index (χ4v) is 3.64. The lowest BCUT2D eigenvalue weighted by Gasteiger charge is -2.34. The van der Waals surface area contributed by atoms with Gasteiger partial charge in [-0.2, -0.15) is 4.98 Å². The summed E-state index contributed by atoms with van der Waals surface area (Å²) in [6.07, 6.45) is 1.08. The summed E-state index contributed by atoms with van der Waals surface area (Å²) in [7, 11) is 0. The lowest BCUT2D eigenvalue weighted by atomic mass is 10.0. The molecular formula is C15H19N3OS. The Hall–Kier alpha value is -1.75. The largest absolute Gasteiger partial charge is 0.476 e. The second-order valence-corrected chi connectivity index (χ2v) is 5.92. The van der Waals surface area contributed by atoms with Crippen molar-refractivity contribution in [2.24, 2.45) is 0 Å². The van der Waals surface area contributed by atoms with E-state index in [2.05, 4.69) is 28.3 Å². The van der Waals surface area contributed by atoms with Crippen LogP contribution in [-0.2, 0) is 6.42 Å². The number of pyridine rings is 1. The highest BCUT2D eigenvalue weighted by atomic mass is 32.1. The molecule has 0 spiro atoms. The fraction of sp³-hybridized carbons (Fsp3) is 0.400. The van der Waals surface area contributed by atoms with Crippen molar-refractivity contribution >= 4 is 22.8 Å². The van der Waals surface area contributed by atoms with Crippen LogP contribution in [0.4, 0.5) is 11.5 Å². The number of nitrogens with zero attached hydrogens (tertiary/aromatic N) is 2. The van der Waals surface area contributed by atoms with E-state index < -0.39 is 0 Å². The molecule has 3 heterocycles. The fourth-order valence-electron chi connectivity index (χ4n) is 2.68. The van der Waals surface area contributed by atoms with Crippen molar-refractivity contribution in [3.05, 3.63) is 34.0 Å². The third kappa shape index (κ3) is 2.22. The average molecular weight is 289 g/mol. The van der Waals surface area contributed by atoms with Crippen LogP contribution < -0.4 is 15.4 Å². The summed E-state index contributed by atoms with van der Waals surface area (Å²) >= 11 is 1.85. The van der Waals surface area contributed by atoms with Crippen molar-refractivity contribution in [2.45, 2.75) is 26.3 Å². The molecule has 1 unspecified atom stereocenters. The second-order valence-electron chi connectivity index (χ2n) is 4.92. The number of anilines is 2. The van der Waals surface area contributed by atoms with Crippen molar-refractivity contribution in [2.75, 3.05) is 23.8 Å². The Morgan fingerprint density at radius 1 is 1.45 bits per heavy atom. The Kier molecular flexibility index (Phi) is 3.53. The number of thiophene rings is 1. The third-order valence-electron chi connectivity index (χ3n) is 3.73. The van der Waals surface area contributed by atoms with Gasteiger partial charge in [-0.3, -0.25) is 0 Å². The maximum Gasteiger partial charge on any atom is 0.239 e. The first-order chi connectivity index (χ1) is 9.70. The molecule has 1 atom stereocenters. The Bertz CT molecular complexity index is 611. The number of nitrogens with two attached hydrogens (primary N) is 1. The molecule has 0 saturated carbocycles. The Balaban J connectivity index is 1.92. The molecule has 0 saturated heterocycles. The number of aromatic nitrogens is 1. The van der Waals surface area contributed by atoms with E-state index in [0.29, 0.717) is 24.2 Å². The minimum Gasteiger partial charge on any atom is -0.476 e. The summed E-state index contributed by atoms with van der Waals surface area (Å²) in [5, 5.41) is 2.17. The van der Waals surface area contributed by atoms with Gasteiger partial charge in [-0.25, -0.2) is 0 Å². The molecule has 106 valence electrons. The van der Waals surface area contributed by atoms with Crippen LogP contribution in [0, 0.1) is 0 Å². The quantitative estimate of drug-likeness (QED) is 0.942. The first-order valence-electron chi connectivity index (χ1n) is 6.93.